The number of ether oxygens (including phenoxy) is 1. The summed E-state index contributed by atoms with van der Waals surface area (Å²) in [5, 5.41) is 2.59. The molecule has 0 aliphatic carbocycles. The maximum Gasteiger partial charge on any atom is 0.337 e. The number of hydrogen-bond donors (Lipinski definition) is 1. The van der Waals surface area contributed by atoms with Crippen molar-refractivity contribution in [3.05, 3.63) is 65.5 Å². The summed E-state index contributed by atoms with van der Waals surface area (Å²) in [7, 11) is 1.32. The van der Waals surface area contributed by atoms with Crippen LogP contribution in [0.25, 0.3) is 0 Å². The van der Waals surface area contributed by atoms with Gasteiger partial charge in [-0.15, -0.1) is 0 Å². The Bertz CT molecular complexity index is 727. The lowest BCUT2D eigenvalue weighted by Gasteiger charge is -2.06. The first-order valence-electron chi connectivity index (χ1n) is 7.98. The molecule has 1 amide bonds. The summed E-state index contributed by atoms with van der Waals surface area (Å²) in [6, 6.07) is 12.3. The first-order chi connectivity index (χ1) is 12.1. The number of esters is 1. The van der Waals surface area contributed by atoms with Gasteiger partial charge in [-0.1, -0.05) is 18.2 Å². The third-order valence-corrected chi connectivity index (χ3v) is 3.64. The Morgan fingerprint density at radius 3 is 2.48 bits per heavy atom. The van der Waals surface area contributed by atoms with Gasteiger partial charge in [0.1, 0.15) is 0 Å². The molecule has 0 bridgehead atoms. The zero-order valence-corrected chi connectivity index (χ0v) is 14.0. The first-order valence-corrected chi connectivity index (χ1v) is 7.98. The largest absolute Gasteiger partial charge is 0.465 e. The number of nitrogens with zero attached hydrogens (tertiary/aromatic N) is 1. The molecule has 25 heavy (non-hydrogen) atoms. The number of methoxy groups -OCH3 is 1. The van der Waals surface area contributed by atoms with Crippen LogP contribution in [0.5, 0.6) is 0 Å². The fourth-order valence-corrected chi connectivity index (χ4v) is 2.25. The van der Waals surface area contributed by atoms with Crippen LogP contribution in [-0.2, 0) is 27.3 Å². The lowest BCUT2D eigenvalue weighted by Crippen LogP contribution is -2.30. The van der Waals surface area contributed by atoms with Crippen LogP contribution >= 0.6 is 0 Å². The molecule has 0 saturated heterocycles. The van der Waals surface area contributed by atoms with Crippen LogP contribution in [0.15, 0.2) is 48.7 Å². The van der Waals surface area contributed by atoms with Gasteiger partial charge in [0.05, 0.1) is 12.7 Å². The van der Waals surface area contributed by atoms with Crippen molar-refractivity contribution in [2.45, 2.75) is 25.8 Å². The van der Waals surface area contributed by atoms with Crippen LogP contribution in [0.2, 0.25) is 0 Å². The number of nitrogens with one attached hydrogen (secondary N) is 1. The number of aryl methyl sites for hydroxylation is 1. The third-order valence-electron chi connectivity index (χ3n) is 3.64. The van der Waals surface area contributed by atoms with E-state index in [4.69, 9.17) is 0 Å². The highest BCUT2D eigenvalue weighted by molar-refractivity contribution is 6.36. The highest BCUT2D eigenvalue weighted by Crippen LogP contribution is 2.06. The molecule has 0 atom stereocenters. The number of aromatic nitrogens is 1. The van der Waals surface area contributed by atoms with E-state index in [1.54, 1.807) is 30.5 Å². The Balaban J connectivity index is 1.73. The monoisotopic (exact) mass is 340 g/mol. The van der Waals surface area contributed by atoms with Crippen LogP contribution in [0, 0.1) is 0 Å². The fraction of sp³-hybridized carbons (Fsp3) is 0.263. The molecular formula is C19H20N2O4. The van der Waals surface area contributed by atoms with E-state index in [-0.39, 0.29) is 13.0 Å². The Labute approximate surface area is 146 Å². The van der Waals surface area contributed by atoms with Gasteiger partial charge in [-0.3, -0.25) is 14.6 Å². The van der Waals surface area contributed by atoms with Gasteiger partial charge in [0.2, 0.25) is 5.78 Å². The van der Waals surface area contributed by atoms with E-state index in [0.29, 0.717) is 18.4 Å². The lowest BCUT2D eigenvalue weighted by molar-refractivity contribution is -0.138. The molecule has 6 heteroatoms. The fourth-order valence-electron chi connectivity index (χ4n) is 2.25. The van der Waals surface area contributed by atoms with Crippen LogP contribution in [-0.4, -0.2) is 29.8 Å². The number of ketones is 1. The minimum atomic E-state index is -0.599. The number of carbonyl (C=O) groups is 3. The summed E-state index contributed by atoms with van der Waals surface area (Å²) >= 11 is 0. The van der Waals surface area contributed by atoms with Gasteiger partial charge in [-0.05, 0) is 42.7 Å². The smallest absolute Gasteiger partial charge is 0.337 e. The van der Waals surface area contributed by atoms with Gasteiger partial charge in [-0.25, -0.2) is 4.79 Å². The van der Waals surface area contributed by atoms with E-state index in [2.05, 4.69) is 15.0 Å². The van der Waals surface area contributed by atoms with Gasteiger partial charge >= 0.3 is 5.97 Å². The molecule has 6 nitrogen and oxygen atoms in total. The topological polar surface area (TPSA) is 85.4 Å². The van der Waals surface area contributed by atoms with Gasteiger partial charge in [0, 0.05) is 24.9 Å². The Morgan fingerprint density at radius 2 is 1.84 bits per heavy atom. The van der Waals surface area contributed by atoms with Crippen LogP contribution in [0.4, 0.5) is 0 Å². The molecule has 0 spiro atoms. The summed E-state index contributed by atoms with van der Waals surface area (Å²) < 4.78 is 4.62. The summed E-state index contributed by atoms with van der Waals surface area (Å²) in [6.45, 7) is 0.228. The summed E-state index contributed by atoms with van der Waals surface area (Å²) in [6.07, 6.45) is 3.13. The zero-order chi connectivity index (χ0) is 18.1. The second-order valence-electron chi connectivity index (χ2n) is 5.47. The van der Waals surface area contributed by atoms with E-state index in [1.807, 2.05) is 18.2 Å². The minimum absolute atomic E-state index is 0.184. The molecule has 1 heterocycles. The second-order valence-corrected chi connectivity index (χ2v) is 5.47. The van der Waals surface area contributed by atoms with Gasteiger partial charge in [0.15, 0.2) is 0 Å². The quantitative estimate of drug-likeness (QED) is 0.587. The van der Waals surface area contributed by atoms with Crippen molar-refractivity contribution >= 4 is 17.7 Å². The normalized spacial score (nSPS) is 10.1. The van der Waals surface area contributed by atoms with E-state index >= 15 is 0 Å². The molecule has 1 aromatic carbocycles. The maximum absolute atomic E-state index is 11.8. The SMILES string of the molecule is COC(=O)c1ccc(CNC(=O)C(=O)CCCc2ccccn2)cc1. The minimum Gasteiger partial charge on any atom is -0.465 e. The van der Waals surface area contributed by atoms with E-state index in [1.165, 1.54) is 7.11 Å². The van der Waals surface area contributed by atoms with E-state index < -0.39 is 17.7 Å². The van der Waals surface area contributed by atoms with Crippen molar-refractivity contribution in [2.75, 3.05) is 7.11 Å². The molecule has 0 aliphatic rings. The number of benzene rings is 1. The predicted molar refractivity (Wildman–Crippen MR) is 91.8 cm³/mol. The van der Waals surface area contributed by atoms with Crippen molar-refractivity contribution < 1.29 is 19.1 Å². The molecule has 1 aromatic heterocycles. The van der Waals surface area contributed by atoms with E-state index in [9.17, 15) is 14.4 Å². The number of pyridine rings is 1. The van der Waals surface area contributed by atoms with Crippen LogP contribution in [0.1, 0.15) is 34.5 Å². The van der Waals surface area contributed by atoms with Crippen molar-refractivity contribution in [3.8, 4) is 0 Å². The van der Waals surface area contributed by atoms with Gasteiger partial charge in [-0.2, -0.15) is 0 Å². The molecule has 0 unspecified atom stereocenters. The molecule has 1 N–H and O–H groups in total. The molecule has 2 aromatic rings. The number of hydrogen-bond acceptors (Lipinski definition) is 5. The van der Waals surface area contributed by atoms with E-state index in [0.717, 1.165) is 11.3 Å². The first kappa shape index (κ1) is 18.3. The van der Waals surface area contributed by atoms with Crippen molar-refractivity contribution in [2.24, 2.45) is 0 Å². The molecule has 0 aliphatic heterocycles. The standard InChI is InChI=1S/C19H20N2O4/c1-25-19(24)15-10-8-14(9-11-15)13-21-18(23)17(22)7-4-6-16-5-2-3-12-20-16/h2-3,5,8-12H,4,6-7,13H2,1H3,(H,21,23). The summed E-state index contributed by atoms with van der Waals surface area (Å²) in [5.41, 5.74) is 2.13. The molecule has 2 rings (SSSR count). The van der Waals surface area contributed by atoms with Crippen molar-refractivity contribution in [1.82, 2.24) is 10.3 Å². The zero-order valence-electron chi connectivity index (χ0n) is 14.0. The summed E-state index contributed by atoms with van der Waals surface area (Å²) in [5.74, 6) is -1.46. The number of Topliss-reactive ketones (excluding diaryl/α,β-unsaturated/α-hetero) is 1. The lowest BCUT2D eigenvalue weighted by atomic mass is 10.1. The highest BCUT2D eigenvalue weighted by Gasteiger charge is 2.13. The van der Waals surface area contributed by atoms with Gasteiger partial charge < -0.3 is 10.1 Å². The molecule has 130 valence electrons. The van der Waals surface area contributed by atoms with Crippen molar-refractivity contribution in [1.29, 1.82) is 0 Å². The average Bonchev–Trinajstić information content (AvgIpc) is 2.66. The van der Waals surface area contributed by atoms with Crippen LogP contribution < -0.4 is 5.32 Å². The van der Waals surface area contributed by atoms with Crippen molar-refractivity contribution in [3.63, 3.8) is 0 Å². The number of rotatable bonds is 8. The molecule has 0 saturated carbocycles. The molecule has 0 radical (unpaired) electrons. The maximum atomic E-state index is 11.8. The Hall–Kier alpha value is -3.02. The van der Waals surface area contributed by atoms with Crippen LogP contribution in [0.3, 0.4) is 0 Å². The Morgan fingerprint density at radius 1 is 1.08 bits per heavy atom. The molecule has 0 fully saturated rings. The predicted octanol–water partition coefficient (Wildman–Crippen LogP) is 2.08. The number of carbonyl (C=O) groups excluding carboxylic acids is 3. The second kappa shape index (κ2) is 9.32. The number of amides is 1. The van der Waals surface area contributed by atoms with Gasteiger partial charge in [0.25, 0.3) is 5.91 Å². The Kier molecular flexibility index (Phi) is 6.83. The summed E-state index contributed by atoms with van der Waals surface area (Å²) in [4.78, 5) is 39.2. The average molecular weight is 340 g/mol. The highest BCUT2D eigenvalue weighted by atomic mass is 16.5. The molecular weight excluding hydrogens is 320 g/mol. The third kappa shape index (κ3) is 5.84.